The topological polar surface area (TPSA) is 65.1 Å². The molecule has 0 spiro atoms. The van der Waals surface area contributed by atoms with Gasteiger partial charge < -0.3 is 19.1 Å². The van der Waals surface area contributed by atoms with Gasteiger partial charge in [-0.05, 0) is 12.1 Å². The van der Waals surface area contributed by atoms with Crippen LogP contribution in [0.25, 0.3) is 0 Å². The Bertz CT molecular complexity index is 482. The summed E-state index contributed by atoms with van der Waals surface area (Å²) in [5, 5.41) is 0. The summed E-state index contributed by atoms with van der Waals surface area (Å²) in [5.74, 6) is -0.993. The third-order valence-corrected chi connectivity index (χ3v) is 2.93. The van der Waals surface area contributed by atoms with Crippen molar-refractivity contribution >= 4 is 17.6 Å². The lowest BCUT2D eigenvalue weighted by Crippen LogP contribution is -2.37. The van der Waals surface area contributed by atoms with Gasteiger partial charge >= 0.3 is 11.9 Å². The van der Waals surface area contributed by atoms with Crippen LogP contribution >= 0.6 is 0 Å². The smallest absolute Gasteiger partial charge is 0.343 e. The molecule has 0 amide bonds. The summed E-state index contributed by atoms with van der Waals surface area (Å²) in [7, 11) is 0. The second-order valence-electron chi connectivity index (χ2n) is 4.30. The number of para-hydroxylation sites is 1. The molecule has 0 saturated carbocycles. The molecule has 0 aliphatic carbocycles. The molecule has 1 fully saturated rings. The minimum atomic E-state index is -0.506. The van der Waals surface area contributed by atoms with E-state index >= 15 is 0 Å². The van der Waals surface area contributed by atoms with Gasteiger partial charge in [0.25, 0.3) is 0 Å². The Balaban J connectivity index is 2.06. The number of ether oxygens (including phenoxy) is 3. The highest BCUT2D eigenvalue weighted by Gasteiger charge is 2.19. The first-order valence-corrected chi connectivity index (χ1v) is 6.40. The molecule has 1 aliphatic rings. The van der Waals surface area contributed by atoms with Crippen LogP contribution in [0.2, 0.25) is 0 Å². The van der Waals surface area contributed by atoms with Crippen LogP contribution in [-0.2, 0) is 19.0 Å². The third kappa shape index (κ3) is 3.71. The standard InChI is InChI=1S/C14H17NO5/c1-11(16)19-10-20-14(17)12-4-2-3-5-13(12)15-6-8-18-9-7-15/h2-5H,6-10H2,1H3. The summed E-state index contributed by atoms with van der Waals surface area (Å²) in [5.41, 5.74) is 1.27. The first-order chi connectivity index (χ1) is 9.68. The molecule has 0 aromatic heterocycles. The Kier molecular flexibility index (Phi) is 4.95. The molecule has 20 heavy (non-hydrogen) atoms. The van der Waals surface area contributed by atoms with Crippen LogP contribution in [0.3, 0.4) is 0 Å². The zero-order valence-corrected chi connectivity index (χ0v) is 11.3. The van der Waals surface area contributed by atoms with E-state index in [9.17, 15) is 9.59 Å². The molecular formula is C14H17NO5. The van der Waals surface area contributed by atoms with Gasteiger partial charge in [-0.15, -0.1) is 0 Å². The Hall–Kier alpha value is -2.08. The molecule has 6 heteroatoms. The van der Waals surface area contributed by atoms with Crippen LogP contribution in [0.4, 0.5) is 5.69 Å². The Morgan fingerprint density at radius 1 is 1.20 bits per heavy atom. The van der Waals surface area contributed by atoms with E-state index < -0.39 is 11.9 Å². The summed E-state index contributed by atoms with van der Waals surface area (Å²) in [6.45, 7) is 3.62. The lowest BCUT2D eigenvalue weighted by molar-refractivity contribution is -0.149. The summed E-state index contributed by atoms with van der Waals surface area (Å²) in [6.07, 6.45) is 0. The number of carbonyl (C=O) groups excluding carboxylic acids is 2. The maximum absolute atomic E-state index is 12.0. The molecule has 2 rings (SSSR count). The monoisotopic (exact) mass is 279 g/mol. The molecule has 0 N–H and O–H groups in total. The largest absolute Gasteiger partial charge is 0.428 e. The maximum atomic E-state index is 12.0. The molecule has 1 aliphatic heterocycles. The zero-order chi connectivity index (χ0) is 14.4. The molecule has 0 atom stereocenters. The van der Waals surface area contributed by atoms with Crippen LogP contribution in [0.5, 0.6) is 0 Å². The highest BCUT2D eigenvalue weighted by molar-refractivity contribution is 5.95. The first kappa shape index (κ1) is 14.3. The van der Waals surface area contributed by atoms with Crippen molar-refractivity contribution < 1.29 is 23.8 Å². The van der Waals surface area contributed by atoms with Crippen molar-refractivity contribution in [1.29, 1.82) is 0 Å². The van der Waals surface area contributed by atoms with Gasteiger partial charge in [-0.1, -0.05) is 12.1 Å². The summed E-state index contributed by atoms with van der Waals surface area (Å²) in [4.78, 5) is 24.7. The Labute approximate surface area is 117 Å². The minimum Gasteiger partial charge on any atom is -0.428 e. The molecule has 6 nitrogen and oxygen atoms in total. The van der Waals surface area contributed by atoms with Crippen molar-refractivity contribution in [2.45, 2.75) is 6.92 Å². The zero-order valence-electron chi connectivity index (χ0n) is 11.3. The van der Waals surface area contributed by atoms with E-state index in [0.717, 1.165) is 18.8 Å². The molecule has 1 heterocycles. The van der Waals surface area contributed by atoms with Gasteiger partial charge in [-0.3, -0.25) is 4.79 Å². The number of hydrogen-bond acceptors (Lipinski definition) is 6. The van der Waals surface area contributed by atoms with Crippen molar-refractivity contribution in [3.8, 4) is 0 Å². The number of rotatable bonds is 4. The summed E-state index contributed by atoms with van der Waals surface area (Å²) >= 11 is 0. The van der Waals surface area contributed by atoms with E-state index in [1.807, 2.05) is 12.1 Å². The number of anilines is 1. The number of morpholine rings is 1. The normalized spacial score (nSPS) is 14.8. The SMILES string of the molecule is CC(=O)OCOC(=O)c1ccccc1N1CCOCC1. The fourth-order valence-electron chi connectivity index (χ4n) is 1.97. The number of benzene rings is 1. The van der Waals surface area contributed by atoms with Crippen LogP contribution in [0.15, 0.2) is 24.3 Å². The number of carbonyl (C=O) groups is 2. The van der Waals surface area contributed by atoms with Gasteiger partial charge in [0, 0.05) is 20.0 Å². The first-order valence-electron chi connectivity index (χ1n) is 6.40. The van der Waals surface area contributed by atoms with E-state index in [4.69, 9.17) is 9.47 Å². The van der Waals surface area contributed by atoms with Crippen LogP contribution < -0.4 is 4.90 Å². The molecule has 1 saturated heterocycles. The van der Waals surface area contributed by atoms with E-state index in [1.54, 1.807) is 12.1 Å². The van der Waals surface area contributed by atoms with Crippen LogP contribution in [-0.4, -0.2) is 45.0 Å². The molecule has 1 aromatic carbocycles. The predicted octanol–water partition coefficient (Wildman–Crippen LogP) is 1.20. The maximum Gasteiger partial charge on any atom is 0.343 e. The molecule has 0 bridgehead atoms. The molecule has 0 unspecified atom stereocenters. The minimum absolute atomic E-state index is 0.369. The molecule has 1 aromatic rings. The fraction of sp³-hybridized carbons (Fsp3) is 0.429. The van der Waals surface area contributed by atoms with Crippen LogP contribution in [0.1, 0.15) is 17.3 Å². The predicted molar refractivity (Wildman–Crippen MR) is 71.5 cm³/mol. The summed E-state index contributed by atoms with van der Waals surface area (Å²) in [6, 6.07) is 7.20. The Morgan fingerprint density at radius 2 is 1.90 bits per heavy atom. The fourth-order valence-corrected chi connectivity index (χ4v) is 1.97. The van der Waals surface area contributed by atoms with E-state index in [0.29, 0.717) is 18.8 Å². The number of esters is 2. The number of nitrogens with zero attached hydrogens (tertiary/aromatic N) is 1. The lowest BCUT2D eigenvalue weighted by atomic mass is 10.1. The van der Waals surface area contributed by atoms with Crippen molar-refractivity contribution in [3.63, 3.8) is 0 Å². The van der Waals surface area contributed by atoms with Gasteiger partial charge in [0.05, 0.1) is 24.5 Å². The Morgan fingerprint density at radius 3 is 2.60 bits per heavy atom. The van der Waals surface area contributed by atoms with E-state index in [-0.39, 0.29) is 6.79 Å². The van der Waals surface area contributed by atoms with Gasteiger partial charge in [0.15, 0.2) is 0 Å². The summed E-state index contributed by atoms with van der Waals surface area (Å²) < 4.78 is 14.8. The van der Waals surface area contributed by atoms with Gasteiger partial charge in [0.2, 0.25) is 6.79 Å². The highest BCUT2D eigenvalue weighted by atomic mass is 16.7. The molecular weight excluding hydrogens is 262 g/mol. The van der Waals surface area contributed by atoms with Crippen molar-refractivity contribution in [2.75, 3.05) is 38.0 Å². The van der Waals surface area contributed by atoms with Crippen molar-refractivity contribution in [1.82, 2.24) is 0 Å². The van der Waals surface area contributed by atoms with E-state index in [2.05, 4.69) is 9.64 Å². The molecule has 0 radical (unpaired) electrons. The van der Waals surface area contributed by atoms with Gasteiger partial charge in [0.1, 0.15) is 0 Å². The van der Waals surface area contributed by atoms with Crippen molar-refractivity contribution in [2.24, 2.45) is 0 Å². The second kappa shape index (κ2) is 6.91. The van der Waals surface area contributed by atoms with Gasteiger partial charge in [-0.25, -0.2) is 4.79 Å². The molecule has 108 valence electrons. The second-order valence-corrected chi connectivity index (χ2v) is 4.30. The third-order valence-electron chi connectivity index (χ3n) is 2.93. The average Bonchev–Trinajstić information content (AvgIpc) is 2.47. The van der Waals surface area contributed by atoms with Crippen LogP contribution in [0, 0.1) is 0 Å². The highest BCUT2D eigenvalue weighted by Crippen LogP contribution is 2.22. The van der Waals surface area contributed by atoms with Gasteiger partial charge in [-0.2, -0.15) is 0 Å². The van der Waals surface area contributed by atoms with Crippen molar-refractivity contribution in [3.05, 3.63) is 29.8 Å². The lowest BCUT2D eigenvalue weighted by Gasteiger charge is -2.30. The average molecular weight is 279 g/mol. The van der Waals surface area contributed by atoms with E-state index in [1.165, 1.54) is 6.92 Å². The quantitative estimate of drug-likeness (QED) is 0.609. The number of hydrogen-bond donors (Lipinski definition) is 0.